The first-order chi connectivity index (χ1) is 8.88. The number of thioether (sulfide) groups is 1. The van der Waals surface area contributed by atoms with Crippen molar-refractivity contribution in [3.8, 4) is 0 Å². The molecule has 0 bridgehead atoms. The molecule has 1 aromatic carbocycles. The van der Waals surface area contributed by atoms with Crippen LogP contribution in [-0.4, -0.2) is 22.8 Å². The molecule has 1 atom stereocenters. The Balaban J connectivity index is 2.23. The maximum absolute atomic E-state index is 13.3. The quantitative estimate of drug-likeness (QED) is 0.782. The van der Waals surface area contributed by atoms with Crippen LogP contribution in [0.4, 0.5) is 10.1 Å². The van der Waals surface area contributed by atoms with Crippen LogP contribution in [0.1, 0.15) is 13.3 Å². The number of hydrogen-bond donors (Lipinski definition) is 0. The van der Waals surface area contributed by atoms with Gasteiger partial charge >= 0.3 is 0 Å². The van der Waals surface area contributed by atoms with Crippen LogP contribution < -0.4 is 4.90 Å². The molecule has 2 rings (SSSR count). The fourth-order valence-corrected chi connectivity index (χ4v) is 3.33. The lowest BCUT2D eigenvalue weighted by molar-refractivity contribution is -0.117. The molecule has 1 unspecified atom stereocenters. The molecule has 1 aliphatic rings. The Kier molecular flexibility index (Phi) is 4.38. The van der Waals surface area contributed by atoms with Gasteiger partial charge in [-0.3, -0.25) is 9.59 Å². The monoisotopic (exact) mass is 321 g/mol. The van der Waals surface area contributed by atoms with E-state index in [1.165, 1.54) is 24.0 Å². The summed E-state index contributed by atoms with van der Waals surface area (Å²) in [7, 11) is 0. The fraction of sp³-hybridized carbons (Fsp3) is 0.333. The average molecular weight is 322 g/mol. The number of carbonyl (C=O) groups excluding carboxylic acids is 2. The molecule has 0 N–H and O–H groups in total. The Morgan fingerprint density at radius 1 is 1.42 bits per heavy atom. The van der Waals surface area contributed by atoms with Gasteiger partial charge in [-0.1, -0.05) is 35.0 Å². The first-order valence-corrected chi connectivity index (χ1v) is 7.14. The summed E-state index contributed by atoms with van der Waals surface area (Å²) in [5.74, 6) is -0.828. The molecule has 1 fully saturated rings. The smallest absolute Gasteiger partial charge is 0.228 e. The second kappa shape index (κ2) is 5.69. The second-order valence-electron chi connectivity index (χ2n) is 4.16. The van der Waals surface area contributed by atoms with Crippen LogP contribution in [-0.2, 0) is 9.59 Å². The van der Waals surface area contributed by atoms with Gasteiger partial charge in [0.05, 0.1) is 10.0 Å². The average Bonchev–Trinajstić information content (AvgIpc) is 2.65. The third kappa shape index (κ3) is 3.22. The Hall–Kier alpha value is -0.780. The topological polar surface area (TPSA) is 37.4 Å². The zero-order valence-electron chi connectivity index (χ0n) is 9.95. The van der Waals surface area contributed by atoms with E-state index in [1.54, 1.807) is 0 Å². The summed E-state index contributed by atoms with van der Waals surface area (Å²) in [6.45, 7) is 1.85. The van der Waals surface area contributed by atoms with Gasteiger partial charge in [0, 0.05) is 30.8 Å². The van der Waals surface area contributed by atoms with Crippen molar-refractivity contribution < 1.29 is 14.0 Å². The molecule has 0 aliphatic carbocycles. The number of nitrogens with zero attached hydrogens (tertiary/aromatic N) is 1. The van der Waals surface area contributed by atoms with Crippen molar-refractivity contribution in [3.05, 3.63) is 28.0 Å². The van der Waals surface area contributed by atoms with E-state index in [-0.39, 0.29) is 32.7 Å². The van der Waals surface area contributed by atoms with Crippen molar-refractivity contribution in [2.75, 3.05) is 11.4 Å². The third-order valence-corrected chi connectivity index (χ3v) is 4.23. The number of benzene rings is 1. The van der Waals surface area contributed by atoms with Crippen molar-refractivity contribution in [2.24, 2.45) is 0 Å². The second-order valence-corrected chi connectivity index (χ2v) is 6.45. The highest BCUT2D eigenvalue weighted by Gasteiger charge is 2.32. The van der Waals surface area contributed by atoms with Crippen molar-refractivity contribution in [2.45, 2.75) is 18.6 Å². The Morgan fingerprint density at radius 2 is 2.00 bits per heavy atom. The molecular weight excluding hydrogens is 312 g/mol. The highest BCUT2D eigenvalue weighted by molar-refractivity contribution is 8.14. The van der Waals surface area contributed by atoms with Gasteiger partial charge < -0.3 is 4.90 Å². The molecule has 0 radical (unpaired) electrons. The minimum absolute atomic E-state index is 0.0326. The van der Waals surface area contributed by atoms with E-state index in [9.17, 15) is 14.0 Å². The van der Waals surface area contributed by atoms with Gasteiger partial charge in [0.2, 0.25) is 5.91 Å². The maximum Gasteiger partial charge on any atom is 0.228 e. The summed E-state index contributed by atoms with van der Waals surface area (Å²) in [5, 5.41) is -0.377. The predicted molar refractivity (Wildman–Crippen MR) is 75.5 cm³/mol. The third-order valence-electron chi connectivity index (χ3n) is 2.70. The first kappa shape index (κ1) is 14.6. The minimum atomic E-state index is -0.701. The van der Waals surface area contributed by atoms with E-state index in [1.807, 2.05) is 0 Å². The standard InChI is InChI=1S/C12H10Cl2FNO2S/c1-6(17)19-8-4-11(18)16(5-8)7-2-9(13)12(15)10(14)3-7/h2-3,8H,4-5H2,1H3. The van der Waals surface area contributed by atoms with Crippen molar-refractivity contribution >= 4 is 51.7 Å². The molecule has 102 valence electrons. The van der Waals surface area contributed by atoms with Gasteiger partial charge in [-0.15, -0.1) is 0 Å². The molecule has 1 saturated heterocycles. The normalized spacial score (nSPS) is 19.1. The molecule has 7 heteroatoms. The van der Waals surface area contributed by atoms with Crippen LogP contribution in [0.3, 0.4) is 0 Å². The molecule has 0 spiro atoms. The summed E-state index contributed by atoms with van der Waals surface area (Å²) in [6, 6.07) is 2.73. The van der Waals surface area contributed by atoms with Gasteiger partial charge in [0.15, 0.2) is 10.9 Å². The lowest BCUT2D eigenvalue weighted by Crippen LogP contribution is -2.25. The summed E-state index contributed by atoms with van der Waals surface area (Å²) in [6.07, 6.45) is 0.275. The van der Waals surface area contributed by atoms with E-state index in [0.717, 1.165) is 11.8 Å². The number of rotatable bonds is 2. The SMILES string of the molecule is CC(=O)SC1CC(=O)N(c2cc(Cl)c(F)c(Cl)c2)C1. The molecule has 3 nitrogen and oxygen atoms in total. The van der Waals surface area contributed by atoms with Crippen LogP contribution in [0.5, 0.6) is 0 Å². The van der Waals surface area contributed by atoms with Crippen LogP contribution in [0.2, 0.25) is 10.0 Å². The highest BCUT2D eigenvalue weighted by Crippen LogP contribution is 2.33. The van der Waals surface area contributed by atoms with Crippen LogP contribution in [0.15, 0.2) is 12.1 Å². The van der Waals surface area contributed by atoms with Gasteiger partial charge in [0.1, 0.15) is 0 Å². The lowest BCUT2D eigenvalue weighted by atomic mass is 10.3. The molecule has 19 heavy (non-hydrogen) atoms. The molecular formula is C12H10Cl2FNO2S. The summed E-state index contributed by atoms with van der Waals surface area (Å²) in [4.78, 5) is 24.4. The van der Waals surface area contributed by atoms with E-state index in [0.29, 0.717) is 12.2 Å². The molecule has 1 aromatic rings. The minimum Gasteiger partial charge on any atom is -0.311 e. The summed E-state index contributed by atoms with van der Waals surface area (Å²) < 4.78 is 13.3. The molecule has 1 amide bonds. The number of hydrogen-bond acceptors (Lipinski definition) is 3. The zero-order valence-corrected chi connectivity index (χ0v) is 12.3. The number of amides is 1. The van der Waals surface area contributed by atoms with Gasteiger partial charge in [0.25, 0.3) is 0 Å². The highest BCUT2D eigenvalue weighted by atomic mass is 35.5. The Bertz CT molecular complexity index is 530. The van der Waals surface area contributed by atoms with E-state index in [4.69, 9.17) is 23.2 Å². The van der Waals surface area contributed by atoms with Crippen molar-refractivity contribution in [3.63, 3.8) is 0 Å². The Labute approximate surface area is 124 Å². The fourth-order valence-electron chi connectivity index (χ4n) is 1.94. The van der Waals surface area contributed by atoms with E-state index >= 15 is 0 Å². The van der Waals surface area contributed by atoms with Crippen LogP contribution in [0.25, 0.3) is 0 Å². The number of carbonyl (C=O) groups is 2. The number of anilines is 1. The van der Waals surface area contributed by atoms with Gasteiger partial charge in [-0.2, -0.15) is 0 Å². The van der Waals surface area contributed by atoms with E-state index in [2.05, 4.69) is 0 Å². The molecule has 0 saturated carbocycles. The van der Waals surface area contributed by atoms with E-state index < -0.39 is 5.82 Å². The van der Waals surface area contributed by atoms with Gasteiger partial charge in [-0.25, -0.2) is 4.39 Å². The maximum atomic E-state index is 13.3. The Morgan fingerprint density at radius 3 is 2.53 bits per heavy atom. The molecule has 1 aliphatic heterocycles. The van der Waals surface area contributed by atoms with Crippen LogP contribution >= 0.6 is 35.0 Å². The lowest BCUT2D eigenvalue weighted by Gasteiger charge is -2.17. The largest absolute Gasteiger partial charge is 0.311 e. The molecule has 1 heterocycles. The predicted octanol–water partition coefficient (Wildman–Crippen LogP) is 3.52. The van der Waals surface area contributed by atoms with Gasteiger partial charge in [-0.05, 0) is 12.1 Å². The first-order valence-electron chi connectivity index (χ1n) is 5.50. The zero-order chi connectivity index (χ0) is 14.2. The van der Waals surface area contributed by atoms with Crippen LogP contribution in [0, 0.1) is 5.82 Å². The number of halogens is 3. The molecule has 0 aromatic heterocycles. The van der Waals surface area contributed by atoms with Crippen molar-refractivity contribution in [1.29, 1.82) is 0 Å². The summed E-state index contributed by atoms with van der Waals surface area (Å²) >= 11 is 12.6. The summed E-state index contributed by atoms with van der Waals surface area (Å²) in [5.41, 5.74) is 0.452. The van der Waals surface area contributed by atoms with Crippen molar-refractivity contribution in [1.82, 2.24) is 0 Å².